The van der Waals surface area contributed by atoms with Crippen LogP contribution in [0.25, 0.3) is 0 Å². The summed E-state index contributed by atoms with van der Waals surface area (Å²) in [5.74, 6) is -0.395. The zero-order valence-electron chi connectivity index (χ0n) is 10.1. The van der Waals surface area contributed by atoms with Gasteiger partial charge in [-0.2, -0.15) is 0 Å². The summed E-state index contributed by atoms with van der Waals surface area (Å²) in [4.78, 5) is 15.8. The van der Waals surface area contributed by atoms with Gasteiger partial charge in [-0.1, -0.05) is 6.08 Å². The average Bonchev–Trinajstić information content (AvgIpc) is 3.04. The predicted molar refractivity (Wildman–Crippen MR) is 70.1 cm³/mol. The van der Waals surface area contributed by atoms with Crippen LogP contribution in [0.15, 0.2) is 18.0 Å². The number of ether oxygens (including phenoxy) is 2. The Bertz CT molecular complexity index is 413. The molecule has 1 aromatic rings. The first kappa shape index (κ1) is 13.0. The fourth-order valence-electron chi connectivity index (χ4n) is 1.63. The number of rotatable bonds is 6. The Morgan fingerprint density at radius 3 is 3.39 bits per heavy atom. The molecule has 1 aliphatic rings. The molecule has 5 nitrogen and oxygen atoms in total. The summed E-state index contributed by atoms with van der Waals surface area (Å²) in [6.07, 6.45) is 3.77. The Hall–Kier alpha value is -1.40. The Morgan fingerprint density at radius 2 is 2.67 bits per heavy atom. The lowest BCUT2D eigenvalue weighted by Crippen LogP contribution is -2.18. The van der Waals surface area contributed by atoms with Crippen molar-refractivity contribution in [3.63, 3.8) is 0 Å². The number of hydrogen-bond donors (Lipinski definition) is 1. The molecule has 1 aliphatic heterocycles. The summed E-state index contributed by atoms with van der Waals surface area (Å²) in [6.45, 7) is 5.29. The van der Waals surface area contributed by atoms with Crippen LogP contribution in [0, 0.1) is 0 Å². The molecular formula is C12H16N2O3S. The van der Waals surface area contributed by atoms with Crippen molar-refractivity contribution >= 4 is 22.4 Å². The van der Waals surface area contributed by atoms with Crippen LogP contribution in [0.1, 0.15) is 23.3 Å². The molecule has 1 atom stereocenters. The van der Waals surface area contributed by atoms with Crippen LogP contribution in [-0.2, 0) is 9.47 Å². The van der Waals surface area contributed by atoms with Crippen LogP contribution in [0.3, 0.4) is 0 Å². The fourth-order valence-corrected chi connectivity index (χ4v) is 2.32. The summed E-state index contributed by atoms with van der Waals surface area (Å²) in [5.41, 5.74) is 0.338. The number of thiazole rings is 1. The largest absolute Gasteiger partial charge is 0.458 e. The molecule has 0 amide bonds. The second-order valence-electron chi connectivity index (χ2n) is 3.94. The Labute approximate surface area is 110 Å². The van der Waals surface area contributed by atoms with Gasteiger partial charge in [-0.15, -0.1) is 17.9 Å². The minimum atomic E-state index is -0.395. The molecule has 98 valence electrons. The Balaban J connectivity index is 1.80. The average molecular weight is 268 g/mol. The van der Waals surface area contributed by atoms with Gasteiger partial charge in [-0.25, -0.2) is 9.78 Å². The van der Waals surface area contributed by atoms with Gasteiger partial charge in [0.2, 0.25) is 0 Å². The van der Waals surface area contributed by atoms with Crippen LogP contribution >= 0.6 is 11.3 Å². The third-order valence-electron chi connectivity index (χ3n) is 2.54. The smallest absolute Gasteiger partial charge is 0.357 e. The fraction of sp³-hybridized carbons (Fsp3) is 0.500. The molecule has 1 saturated heterocycles. The highest BCUT2D eigenvalue weighted by Crippen LogP contribution is 2.17. The maximum Gasteiger partial charge on any atom is 0.357 e. The number of anilines is 1. The quantitative estimate of drug-likeness (QED) is 0.632. The predicted octanol–water partition coefficient (Wildman–Crippen LogP) is 2.08. The molecule has 0 bridgehead atoms. The highest BCUT2D eigenvalue weighted by Gasteiger charge is 2.19. The van der Waals surface area contributed by atoms with Crippen LogP contribution in [0.5, 0.6) is 0 Å². The van der Waals surface area contributed by atoms with Gasteiger partial charge in [-0.3, -0.25) is 0 Å². The van der Waals surface area contributed by atoms with Crippen molar-refractivity contribution < 1.29 is 14.3 Å². The monoisotopic (exact) mass is 268 g/mol. The number of carbonyl (C=O) groups is 1. The lowest BCUT2D eigenvalue weighted by atomic mass is 10.2. The van der Waals surface area contributed by atoms with Crippen molar-refractivity contribution in [3.05, 3.63) is 23.7 Å². The van der Waals surface area contributed by atoms with Crippen molar-refractivity contribution in [3.8, 4) is 0 Å². The molecule has 1 N–H and O–H groups in total. The third kappa shape index (κ3) is 3.54. The number of hydrogen-bond acceptors (Lipinski definition) is 6. The molecule has 1 unspecified atom stereocenters. The molecule has 0 spiro atoms. The SMILES string of the molecule is C=CCNc1nc(C(=O)OCC2CCCO2)cs1. The second kappa shape index (κ2) is 6.51. The van der Waals surface area contributed by atoms with E-state index >= 15 is 0 Å². The molecular weight excluding hydrogens is 252 g/mol. The van der Waals surface area contributed by atoms with Crippen molar-refractivity contribution in [2.45, 2.75) is 18.9 Å². The van der Waals surface area contributed by atoms with Crippen LogP contribution in [0.2, 0.25) is 0 Å². The topological polar surface area (TPSA) is 60.5 Å². The summed E-state index contributed by atoms with van der Waals surface area (Å²) in [7, 11) is 0. The first-order valence-electron chi connectivity index (χ1n) is 5.88. The second-order valence-corrected chi connectivity index (χ2v) is 4.80. The van der Waals surface area contributed by atoms with Gasteiger partial charge in [0.05, 0.1) is 6.10 Å². The summed E-state index contributed by atoms with van der Waals surface area (Å²) >= 11 is 1.37. The number of carbonyl (C=O) groups excluding carboxylic acids is 1. The van der Waals surface area contributed by atoms with Gasteiger partial charge in [-0.05, 0) is 12.8 Å². The zero-order valence-corrected chi connectivity index (χ0v) is 10.9. The maximum atomic E-state index is 11.7. The molecule has 0 radical (unpaired) electrons. The molecule has 1 fully saturated rings. The molecule has 0 saturated carbocycles. The van der Waals surface area contributed by atoms with E-state index in [1.165, 1.54) is 11.3 Å². The Morgan fingerprint density at radius 1 is 1.78 bits per heavy atom. The minimum Gasteiger partial charge on any atom is -0.458 e. The lowest BCUT2D eigenvalue weighted by Gasteiger charge is -2.08. The van der Waals surface area contributed by atoms with E-state index in [2.05, 4.69) is 16.9 Å². The normalized spacial score (nSPS) is 18.6. The number of esters is 1. The van der Waals surface area contributed by atoms with Gasteiger partial charge in [0, 0.05) is 18.5 Å². The van der Waals surface area contributed by atoms with Crippen molar-refractivity contribution in [2.75, 3.05) is 25.1 Å². The Kier molecular flexibility index (Phi) is 4.72. The first-order chi connectivity index (χ1) is 8.79. The molecule has 6 heteroatoms. The molecule has 18 heavy (non-hydrogen) atoms. The summed E-state index contributed by atoms with van der Waals surface area (Å²) < 4.78 is 10.5. The summed E-state index contributed by atoms with van der Waals surface area (Å²) in [5, 5.41) is 5.40. The van der Waals surface area contributed by atoms with Crippen molar-refractivity contribution in [1.82, 2.24) is 4.98 Å². The molecule has 0 aliphatic carbocycles. The van der Waals surface area contributed by atoms with Gasteiger partial charge < -0.3 is 14.8 Å². The molecule has 2 heterocycles. The van der Waals surface area contributed by atoms with E-state index in [1.54, 1.807) is 11.5 Å². The van der Waals surface area contributed by atoms with E-state index in [9.17, 15) is 4.79 Å². The first-order valence-corrected chi connectivity index (χ1v) is 6.76. The minimum absolute atomic E-state index is 0.0472. The van der Waals surface area contributed by atoms with E-state index in [0.717, 1.165) is 19.4 Å². The highest BCUT2D eigenvalue weighted by atomic mass is 32.1. The van der Waals surface area contributed by atoms with Gasteiger partial charge >= 0.3 is 5.97 Å². The van der Waals surface area contributed by atoms with Crippen LogP contribution in [0.4, 0.5) is 5.13 Å². The van der Waals surface area contributed by atoms with Crippen LogP contribution < -0.4 is 5.32 Å². The number of aromatic nitrogens is 1. The molecule has 2 rings (SSSR count). The lowest BCUT2D eigenvalue weighted by molar-refractivity contribution is 0.0157. The van der Waals surface area contributed by atoms with Gasteiger partial charge in [0.15, 0.2) is 10.8 Å². The van der Waals surface area contributed by atoms with Crippen LogP contribution in [-0.4, -0.2) is 36.8 Å². The number of nitrogens with one attached hydrogen (secondary N) is 1. The van der Waals surface area contributed by atoms with Gasteiger partial charge in [0.25, 0.3) is 0 Å². The molecule has 1 aromatic heterocycles. The van der Waals surface area contributed by atoms with Gasteiger partial charge in [0.1, 0.15) is 6.61 Å². The highest BCUT2D eigenvalue weighted by molar-refractivity contribution is 7.13. The number of nitrogens with zero attached hydrogens (tertiary/aromatic N) is 1. The maximum absolute atomic E-state index is 11.7. The van der Waals surface area contributed by atoms with E-state index in [0.29, 0.717) is 24.0 Å². The van der Waals surface area contributed by atoms with E-state index in [-0.39, 0.29) is 6.10 Å². The van der Waals surface area contributed by atoms with E-state index in [1.807, 2.05) is 0 Å². The third-order valence-corrected chi connectivity index (χ3v) is 3.34. The summed E-state index contributed by atoms with van der Waals surface area (Å²) in [6, 6.07) is 0. The zero-order chi connectivity index (χ0) is 12.8. The van der Waals surface area contributed by atoms with Crippen molar-refractivity contribution in [2.24, 2.45) is 0 Å². The standard InChI is InChI=1S/C12H16N2O3S/c1-2-5-13-12-14-10(8-18-12)11(15)17-7-9-4-3-6-16-9/h2,8-9H,1,3-7H2,(H,13,14). The molecule has 0 aromatic carbocycles. The van der Waals surface area contributed by atoms with E-state index < -0.39 is 5.97 Å². The van der Waals surface area contributed by atoms with E-state index in [4.69, 9.17) is 9.47 Å². The van der Waals surface area contributed by atoms with Crippen molar-refractivity contribution in [1.29, 1.82) is 0 Å².